The third-order valence-electron chi connectivity index (χ3n) is 4.12. The molecule has 0 fully saturated rings. The van der Waals surface area contributed by atoms with Crippen molar-refractivity contribution >= 4 is 12.3 Å². The predicted molar refractivity (Wildman–Crippen MR) is 97.4 cm³/mol. The van der Waals surface area contributed by atoms with Crippen LogP contribution in [-0.4, -0.2) is 29.2 Å². The number of rotatable bonds is 9. The molecule has 1 aromatic rings. The highest BCUT2D eigenvalue weighted by Gasteiger charge is 2.30. The molecular weight excluding hydrogens is 318 g/mol. The molecule has 1 N–H and O–H groups in total. The predicted octanol–water partition coefficient (Wildman–Crippen LogP) is 4.17. The number of imide groups is 1. The van der Waals surface area contributed by atoms with Crippen molar-refractivity contribution < 1.29 is 19.5 Å². The van der Waals surface area contributed by atoms with Gasteiger partial charge in [0.05, 0.1) is 0 Å². The molecule has 0 saturated carbocycles. The maximum absolute atomic E-state index is 12.3. The van der Waals surface area contributed by atoms with Crippen LogP contribution in [-0.2, 0) is 9.59 Å². The summed E-state index contributed by atoms with van der Waals surface area (Å²) in [6.07, 6.45) is 2.73. The third-order valence-corrected chi connectivity index (χ3v) is 4.12. The Morgan fingerprint density at radius 3 is 2.28 bits per heavy atom. The van der Waals surface area contributed by atoms with Crippen molar-refractivity contribution in [3.05, 3.63) is 41.5 Å². The molecule has 0 aromatic heterocycles. The summed E-state index contributed by atoms with van der Waals surface area (Å²) in [5.41, 5.74) is 2.16. The van der Waals surface area contributed by atoms with Gasteiger partial charge in [-0.1, -0.05) is 38.5 Å². The summed E-state index contributed by atoms with van der Waals surface area (Å²) in [6, 6.07) is 7.59. The minimum atomic E-state index is -0.569. The number of nitrogens with zero attached hydrogens (tertiary/aromatic N) is 1. The Bertz CT molecular complexity index is 588. The summed E-state index contributed by atoms with van der Waals surface area (Å²) in [5, 5.41) is 9.64. The Morgan fingerprint density at radius 2 is 1.80 bits per heavy atom. The summed E-state index contributed by atoms with van der Waals surface area (Å²) in [6.45, 7) is 10.5. The molecule has 0 radical (unpaired) electrons. The van der Waals surface area contributed by atoms with Crippen LogP contribution in [0.4, 0.5) is 0 Å². The lowest BCUT2D eigenvalue weighted by Gasteiger charge is -2.26. The number of allylic oxidation sites excluding steroid dienone is 1. The molecule has 0 unspecified atom stereocenters. The fraction of sp³-hybridized carbons (Fsp3) is 0.500. The van der Waals surface area contributed by atoms with E-state index in [1.165, 1.54) is 5.57 Å². The first-order chi connectivity index (χ1) is 11.8. The van der Waals surface area contributed by atoms with Crippen LogP contribution >= 0.6 is 0 Å². The van der Waals surface area contributed by atoms with Crippen molar-refractivity contribution in [2.45, 2.75) is 47.0 Å². The fourth-order valence-electron chi connectivity index (χ4n) is 2.65. The maximum Gasteiger partial charge on any atom is 0.256 e. The van der Waals surface area contributed by atoms with Crippen molar-refractivity contribution in [1.29, 1.82) is 0 Å². The van der Waals surface area contributed by atoms with Crippen LogP contribution < -0.4 is 4.74 Å². The molecule has 2 amide bonds. The van der Waals surface area contributed by atoms with E-state index in [0.717, 1.165) is 11.3 Å². The Labute approximate surface area is 150 Å². The fourth-order valence-corrected chi connectivity index (χ4v) is 2.65. The van der Waals surface area contributed by atoms with Gasteiger partial charge in [0.25, 0.3) is 5.91 Å². The van der Waals surface area contributed by atoms with E-state index in [2.05, 4.69) is 0 Å². The van der Waals surface area contributed by atoms with Crippen LogP contribution in [0.2, 0.25) is 0 Å². The monoisotopic (exact) mass is 347 g/mol. The summed E-state index contributed by atoms with van der Waals surface area (Å²) in [5.74, 6) is -0.135. The van der Waals surface area contributed by atoms with Gasteiger partial charge in [0.15, 0.2) is 0 Å². The Balaban J connectivity index is 2.89. The molecule has 1 aromatic carbocycles. The average Bonchev–Trinajstić information content (AvgIpc) is 2.58. The van der Waals surface area contributed by atoms with Crippen molar-refractivity contribution in [3.63, 3.8) is 0 Å². The van der Waals surface area contributed by atoms with Crippen molar-refractivity contribution in [2.75, 3.05) is 6.61 Å². The second-order valence-corrected chi connectivity index (χ2v) is 6.97. The van der Waals surface area contributed by atoms with Crippen LogP contribution in [0, 0.1) is 11.8 Å². The molecule has 25 heavy (non-hydrogen) atoms. The van der Waals surface area contributed by atoms with E-state index in [1.54, 1.807) is 0 Å². The van der Waals surface area contributed by atoms with Gasteiger partial charge in [-0.3, -0.25) is 14.8 Å². The maximum atomic E-state index is 12.3. The highest BCUT2D eigenvalue weighted by molar-refractivity contribution is 5.87. The van der Waals surface area contributed by atoms with Gasteiger partial charge in [0.1, 0.15) is 12.4 Å². The van der Waals surface area contributed by atoms with Gasteiger partial charge in [0, 0.05) is 5.92 Å². The molecule has 5 nitrogen and oxygen atoms in total. The van der Waals surface area contributed by atoms with Gasteiger partial charge in [-0.15, -0.1) is 0 Å². The average molecular weight is 347 g/mol. The molecule has 0 spiro atoms. The lowest BCUT2D eigenvalue weighted by molar-refractivity contribution is -0.174. The zero-order valence-corrected chi connectivity index (χ0v) is 15.7. The van der Waals surface area contributed by atoms with Gasteiger partial charge in [-0.05, 0) is 55.9 Å². The zero-order valence-electron chi connectivity index (χ0n) is 15.7. The molecule has 5 heteroatoms. The van der Waals surface area contributed by atoms with Gasteiger partial charge in [-0.25, -0.2) is 0 Å². The summed E-state index contributed by atoms with van der Waals surface area (Å²) >= 11 is 0. The number of carbonyl (C=O) groups is 2. The standard InChI is InChI=1S/C20H29NO4/c1-14(2)10-11-25-18-8-6-17(7-9-18)16(5)19(12-15(3)4)20(23)21(24)13-22/h6-10,13,15-16,19,24H,11-12H2,1-5H3/t16-,19+/m1/s1. The first-order valence-electron chi connectivity index (χ1n) is 8.59. The molecular formula is C20H29NO4. The van der Waals surface area contributed by atoms with Crippen LogP contribution in [0.3, 0.4) is 0 Å². The third kappa shape index (κ3) is 6.70. The normalized spacial score (nSPS) is 13.1. The first-order valence-corrected chi connectivity index (χ1v) is 8.59. The van der Waals surface area contributed by atoms with E-state index in [0.29, 0.717) is 13.0 Å². The van der Waals surface area contributed by atoms with Crippen LogP contribution in [0.15, 0.2) is 35.9 Å². The molecule has 0 aliphatic carbocycles. The molecule has 0 aliphatic rings. The van der Waals surface area contributed by atoms with E-state index in [4.69, 9.17) is 4.74 Å². The van der Waals surface area contributed by atoms with Crippen molar-refractivity contribution in [3.8, 4) is 5.75 Å². The van der Waals surface area contributed by atoms with E-state index < -0.39 is 11.8 Å². The second-order valence-electron chi connectivity index (χ2n) is 6.97. The first kappa shape index (κ1) is 20.9. The highest BCUT2D eigenvalue weighted by atomic mass is 16.5. The number of hydroxylamine groups is 2. The smallest absolute Gasteiger partial charge is 0.256 e. The Hall–Kier alpha value is -2.14. The van der Waals surface area contributed by atoms with E-state index >= 15 is 0 Å². The number of ether oxygens (including phenoxy) is 1. The Morgan fingerprint density at radius 1 is 1.20 bits per heavy atom. The van der Waals surface area contributed by atoms with Crippen LogP contribution in [0.1, 0.15) is 52.5 Å². The molecule has 138 valence electrons. The van der Waals surface area contributed by atoms with Gasteiger partial charge < -0.3 is 4.74 Å². The van der Waals surface area contributed by atoms with E-state index in [-0.39, 0.29) is 23.3 Å². The lowest BCUT2D eigenvalue weighted by Crippen LogP contribution is -2.35. The molecule has 2 atom stereocenters. The summed E-state index contributed by atoms with van der Waals surface area (Å²) in [7, 11) is 0. The van der Waals surface area contributed by atoms with Crippen molar-refractivity contribution in [2.24, 2.45) is 11.8 Å². The number of hydrogen-bond acceptors (Lipinski definition) is 4. The van der Waals surface area contributed by atoms with Gasteiger partial charge >= 0.3 is 0 Å². The quantitative estimate of drug-likeness (QED) is 0.315. The number of carbonyl (C=O) groups excluding carboxylic acids is 2. The van der Waals surface area contributed by atoms with E-state index in [9.17, 15) is 14.8 Å². The zero-order chi connectivity index (χ0) is 19.0. The molecule has 0 heterocycles. The second kappa shape index (κ2) is 9.99. The largest absolute Gasteiger partial charge is 0.490 e. The minimum Gasteiger partial charge on any atom is -0.490 e. The highest BCUT2D eigenvalue weighted by Crippen LogP contribution is 2.31. The number of amides is 2. The number of benzene rings is 1. The lowest BCUT2D eigenvalue weighted by atomic mass is 9.81. The Kier molecular flexibility index (Phi) is 8.35. The molecule has 1 rings (SSSR count). The molecule has 0 aliphatic heterocycles. The molecule has 0 bridgehead atoms. The summed E-state index contributed by atoms with van der Waals surface area (Å²) < 4.78 is 5.64. The van der Waals surface area contributed by atoms with Crippen LogP contribution in [0.5, 0.6) is 5.75 Å². The van der Waals surface area contributed by atoms with E-state index in [1.807, 2.05) is 65.0 Å². The SMILES string of the molecule is CC(C)=CCOc1ccc([C@@H](C)[C@H](CC(C)C)C(=O)N(O)C=O)cc1. The topological polar surface area (TPSA) is 66.8 Å². The van der Waals surface area contributed by atoms with Gasteiger partial charge in [-0.2, -0.15) is 5.06 Å². The van der Waals surface area contributed by atoms with Crippen LogP contribution in [0.25, 0.3) is 0 Å². The molecule has 0 saturated heterocycles. The minimum absolute atomic E-state index is 0.128. The van der Waals surface area contributed by atoms with Gasteiger partial charge in [0.2, 0.25) is 6.41 Å². The number of hydrogen-bond donors (Lipinski definition) is 1. The summed E-state index contributed by atoms with van der Waals surface area (Å²) in [4.78, 5) is 23.0. The van der Waals surface area contributed by atoms with Crippen molar-refractivity contribution in [1.82, 2.24) is 5.06 Å².